The Morgan fingerprint density at radius 3 is 2.60 bits per heavy atom. The van der Waals surface area contributed by atoms with Crippen LogP contribution >= 0.6 is 11.3 Å². The summed E-state index contributed by atoms with van der Waals surface area (Å²) in [7, 11) is 0. The topological polar surface area (TPSA) is 84.0 Å². The molecule has 0 radical (unpaired) electrons. The van der Waals surface area contributed by atoms with Crippen molar-refractivity contribution in [2.45, 2.75) is 51.0 Å². The van der Waals surface area contributed by atoms with E-state index in [1.165, 1.54) is 11.3 Å². The van der Waals surface area contributed by atoms with Gasteiger partial charge in [0, 0.05) is 11.8 Å². The lowest BCUT2D eigenvalue weighted by molar-refractivity contribution is -0.130. The smallest absolute Gasteiger partial charge is 0.248 e. The van der Waals surface area contributed by atoms with E-state index in [2.05, 4.69) is 20.8 Å². The molecule has 2 amide bonds. The van der Waals surface area contributed by atoms with Crippen molar-refractivity contribution in [3.63, 3.8) is 0 Å². The van der Waals surface area contributed by atoms with Gasteiger partial charge in [0.05, 0.1) is 0 Å². The molecule has 7 heteroatoms. The van der Waals surface area contributed by atoms with Crippen LogP contribution in [0.4, 0.5) is 5.13 Å². The summed E-state index contributed by atoms with van der Waals surface area (Å²) in [5.41, 5.74) is 0. The highest BCUT2D eigenvalue weighted by atomic mass is 32.1. The van der Waals surface area contributed by atoms with Gasteiger partial charge >= 0.3 is 0 Å². The second-order valence-electron chi connectivity index (χ2n) is 5.57. The van der Waals surface area contributed by atoms with E-state index in [0.29, 0.717) is 11.0 Å². The molecule has 6 nitrogen and oxygen atoms in total. The first kappa shape index (κ1) is 13.5. The molecule has 3 rings (SSSR count). The Hall–Kier alpha value is -1.50. The first-order chi connectivity index (χ1) is 9.63. The van der Waals surface area contributed by atoms with E-state index >= 15 is 0 Å². The highest BCUT2D eigenvalue weighted by Crippen LogP contribution is 2.42. The normalized spacial score (nSPS) is 20.1. The van der Waals surface area contributed by atoms with Crippen LogP contribution in [0.1, 0.15) is 50.0 Å². The van der Waals surface area contributed by atoms with Crippen LogP contribution in [-0.4, -0.2) is 28.1 Å². The lowest BCUT2D eigenvalue weighted by atomic mass is 9.84. The van der Waals surface area contributed by atoms with E-state index < -0.39 is 6.04 Å². The highest BCUT2D eigenvalue weighted by molar-refractivity contribution is 7.15. The molecule has 1 unspecified atom stereocenters. The minimum absolute atomic E-state index is 0.0187. The van der Waals surface area contributed by atoms with Gasteiger partial charge < -0.3 is 5.32 Å². The monoisotopic (exact) mass is 294 g/mol. The Kier molecular flexibility index (Phi) is 3.69. The average molecular weight is 294 g/mol. The fourth-order valence-corrected chi connectivity index (χ4v) is 2.98. The van der Waals surface area contributed by atoms with Crippen LogP contribution in [0.5, 0.6) is 0 Å². The van der Waals surface area contributed by atoms with Crippen molar-refractivity contribution >= 4 is 28.3 Å². The zero-order valence-electron chi connectivity index (χ0n) is 11.4. The maximum atomic E-state index is 12.0. The van der Waals surface area contributed by atoms with Crippen molar-refractivity contribution in [2.24, 2.45) is 5.92 Å². The van der Waals surface area contributed by atoms with Gasteiger partial charge in [0.15, 0.2) is 0 Å². The van der Waals surface area contributed by atoms with Crippen molar-refractivity contribution in [1.29, 1.82) is 0 Å². The van der Waals surface area contributed by atoms with E-state index in [1.807, 2.05) is 0 Å². The summed E-state index contributed by atoms with van der Waals surface area (Å²) in [6.07, 6.45) is 5.29. The molecule has 1 heterocycles. The molecule has 1 aromatic rings. The van der Waals surface area contributed by atoms with Gasteiger partial charge in [-0.25, -0.2) is 0 Å². The third kappa shape index (κ3) is 2.98. The first-order valence-electron chi connectivity index (χ1n) is 7.08. The van der Waals surface area contributed by atoms with Crippen LogP contribution in [0.3, 0.4) is 0 Å². The second-order valence-corrected chi connectivity index (χ2v) is 6.58. The molecule has 2 N–H and O–H groups in total. The molecule has 0 bridgehead atoms. The number of nitrogens with zero attached hydrogens (tertiary/aromatic N) is 2. The molecule has 2 aliphatic rings. The van der Waals surface area contributed by atoms with Crippen molar-refractivity contribution in [3.8, 4) is 0 Å². The Labute approximate surface area is 121 Å². The van der Waals surface area contributed by atoms with Crippen molar-refractivity contribution in [2.75, 3.05) is 5.32 Å². The van der Waals surface area contributed by atoms with E-state index in [0.717, 1.165) is 37.1 Å². The molecule has 20 heavy (non-hydrogen) atoms. The largest absolute Gasteiger partial charge is 0.344 e. The molecule has 0 spiro atoms. The van der Waals surface area contributed by atoms with Gasteiger partial charge in [-0.15, -0.1) is 10.2 Å². The van der Waals surface area contributed by atoms with Gasteiger partial charge in [-0.1, -0.05) is 17.8 Å². The standard InChI is InChI=1S/C13H18N4O2S/c1-7(14-11(19)8-3-2-4-8)10(18)15-13-17-16-12(20-13)9-5-6-9/h7-9H,2-6H2,1H3,(H,14,19)(H,15,17,18). The molecule has 2 fully saturated rings. The van der Waals surface area contributed by atoms with Crippen molar-refractivity contribution in [1.82, 2.24) is 15.5 Å². The van der Waals surface area contributed by atoms with Gasteiger partial charge in [0.25, 0.3) is 0 Å². The third-order valence-corrected chi connectivity index (χ3v) is 4.83. The minimum atomic E-state index is -0.545. The number of nitrogens with one attached hydrogen (secondary N) is 2. The summed E-state index contributed by atoms with van der Waals surface area (Å²) in [5, 5.41) is 15.0. The number of carbonyl (C=O) groups is 2. The van der Waals surface area contributed by atoms with Gasteiger partial charge in [-0.2, -0.15) is 0 Å². The molecule has 1 atom stereocenters. The predicted molar refractivity (Wildman–Crippen MR) is 75.5 cm³/mol. The zero-order chi connectivity index (χ0) is 14.1. The maximum Gasteiger partial charge on any atom is 0.248 e. The van der Waals surface area contributed by atoms with E-state index in [1.54, 1.807) is 6.92 Å². The number of hydrogen-bond donors (Lipinski definition) is 2. The van der Waals surface area contributed by atoms with Crippen LogP contribution in [0, 0.1) is 5.92 Å². The quantitative estimate of drug-likeness (QED) is 0.865. The lowest BCUT2D eigenvalue weighted by Crippen LogP contribution is -2.45. The van der Waals surface area contributed by atoms with E-state index in [-0.39, 0.29) is 17.7 Å². The zero-order valence-corrected chi connectivity index (χ0v) is 12.2. The van der Waals surface area contributed by atoms with Crippen LogP contribution in [0.2, 0.25) is 0 Å². The van der Waals surface area contributed by atoms with Crippen LogP contribution in [0.25, 0.3) is 0 Å². The Bertz CT molecular complexity index is 522. The number of aromatic nitrogens is 2. The summed E-state index contributed by atoms with van der Waals surface area (Å²) in [4.78, 5) is 23.8. The fraction of sp³-hybridized carbons (Fsp3) is 0.692. The summed E-state index contributed by atoms with van der Waals surface area (Å²) < 4.78 is 0. The molecule has 1 aromatic heterocycles. The lowest BCUT2D eigenvalue weighted by Gasteiger charge is -2.25. The van der Waals surface area contributed by atoms with Crippen molar-refractivity contribution < 1.29 is 9.59 Å². The van der Waals surface area contributed by atoms with Gasteiger partial charge in [-0.05, 0) is 32.6 Å². The summed E-state index contributed by atoms with van der Waals surface area (Å²) in [6.45, 7) is 1.69. The number of anilines is 1. The van der Waals surface area contributed by atoms with Gasteiger partial charge in [-0.3, -0.25) is 14.9 Å². The predicted octanol–water partition coefficient (Wildman–Crippen LogP) is 1.66. The molecule has 2 saturated carbocycles. The molecule has 2 aliphatic carbocycles. The number of hydrogen-bond acceptors (Lipinski definition) is 5. The fourth-order valence-electron chi connectivity index (χ4n) is 2.06. The summed E-state index contributed by atoms with van der Waals surface area (Å²) in [6, 6.07) is -0.545. The number of amides is 2. The molecule has 0 saturated heterocycles. The highest BCUT2D eigenvalue weighted by Gasteiger charge is 2.29. The number of carbonyl (C=O) groups excluding carboxylic acids is 2. The minimum Gasteiger partial charge on any atom is -0.344 e. The first-order valence-corrected chi connectivity index (χ1v) is 7.90. The second kappa shape index (κ2) is 5.47. The van der Waals surface area contributed by atoms with Gasteiger partial charge in [0.1, 0.15) is 11.0 Å². The maximum absolute atomic E-state index is 12.0. The molecule has 0 aliphatic heterocycles. The van der Waals surface area contributed by atoms with Crippen LogP contribution < -0.4 is 10.6 Å². The SMILES string of the molecule is CC(NC(=O)C1CCC1)C(=O)Nc1nnc(C2CC2)s1. The number of rotatable bonds is 5. The van der Waals surface area contributed by atoms with Gasteiger partial charge in [0.2, 0.25) is 16.9 Å². The Morgan fingerprint density at radius 1 is 1.25 bits per heavy atom. The van der Waals surface area contributed by atoms with Crippen LogP contribution in [0.15, 0.2) is 0 Å². The van der Waals surface area contributed by atoms with E-state index in [9.17, 15) is 9.59 Å². The third-order valence-electron chi connectivity index (χ3n) is 3.83. The Balaban J connectivity index is 1.50. The summed E-state index contributed by atoms with van der Waals surface area (Å²) >= 11 is 1.42. The summed E-state index contributed by atoms with van der Waals surface area (Å²) in [5.74, 6) is 0.369. The Morgan fingerprint density at radius 2 is 2.00 bits per heavy atom. The van der Waals surface area contributed by atoms with Crippen molar-refractivity contribution in [3.05, 3.63) is 5.01 Å². The molecular weight excluding hydrogens is 276 g/mol. The molecule has 108 valence electrons. The molecular formula is C13H18N4O2S. The van der Waals surface area contributed by atoms with E-state index in [4.69, 9.17) is 0 Å². The molecule has 0 aromatic carbocycles. The average Bonchev–Trinajstić information content (AvgIpc) is 3.08. The van der Waals surface area contributed by atoms with Crippen LogP contribution in [-0.2, 0) is 9.59 Å².